The van der Waals surface area contributed by atoms with Gasteiger partial charge < -0.3 is 5.32 Å². The van der Waals surface area contributed by atoms with Gasteiger partial charge in [0.1, 0.15) is 5.82 Å². The maximum atomic E-state index is 13.7. The van der Waals surface area contributed by atoms with Crippen molar-refractivity contribution >= 4 is 15.9 Å². The number of rotatable bonds is 5. The van der Waals surface area contributed by atoms with Gasteiger partial charge in [0.15, 0.2) is 0 Å². The molecule has 0 unspecified atom stereocenters. The van der Waals surface area contributed by atoms with Gasteiger partial charge in [0.05, 0.1) is 4.90 Å². The molecule has 0 radical (unpaired) electrons. The number of sulfonamides is 1. The fraction of sp³-hybridized carbons (Fsp3) is 0.435. The maximum absolute atomic E-state index is 13.7. The average molecular weight is 433 g/mol. The molecule has 5 nitrogen and oxygen atoms in total. The number of hydrogen-bond donors (Lipinski definition) is 1. The molecule has 0 spiro atoms. The van der Waals surface area contributed by atoms with E-state index in [0.717, 1.165) is 16.7 Å². The van der Waals surface area contributed by atoms with Gasteiger partial charge in [0, 0.05) is 25.6 Å². The topological polar surface area (TPSA) is 66.5 Å². The second kappa shape index (κ2) is 8.86. The minimum Gasteiger partial charge on any atom is -0.352 e. The lowest BCUT2D eigenvalue weighted by molar-refractivity contribution is -0.126. The third-order valence-electron chi connectivity index (χ3n) is 5.73. The number of nitrogens with one attached hydrogen (secondary N) is 1. The quantitative estimate of drug-likeness (QED) is 0.782. The highest BCUT2D eigenvalue weighted by molar-refractivity contribution is 7.89. The number of benzene rings is 2. The van der Waals surface area contributed by atoms with Crippen LogP contribution in [-0.4, -0.2) is 31.7 Å². The Morgan fingerprint density at radius 1 is 1.03 bits per heavy atom. The van der Waals surface area contributed by atoms with Crippen molar-refractivity contribution in [3.8, 4) is 0 Å². The van der Waals surface area contributed by atoms with E-state index in [9.17, 15) is 17.6 Å². The van der Waals surface area contributed by atoms with Crippen molar-refractivity contribution in [2.24, 2.45) is 5.92 Å². The van der Waals surface area contributed by atoms with Crippen molar-refractivity contribution in [3.05, 3.63) is 64.0 Å². The Hall–Kier alpha value is -2.25. The van der Waals surface area contributed by atoms with Crippen LogP contribution in [0.15, 0.2) is 35.2 Å². The molecule has 3 rings (SSSR count). The van der Waals surface area contributed by atoms with Gasteiger partial charge in [-0.3, -0.25) is 4.79 Å². The smallest absolute Gasteiger partial charge is 0.243 e. The van der Waals surface area contributed by atoms with Crippen LogP contribution in [0.5, 0.6) is 0 Å². The minimum atomic E-state index is -3.59. The number of aryl methyl sites for hydroxylation is 4. The molecular weight excluding hydrogens is 403 g/mol. The summed E-state index contributed by atoms with van der Waals surface area (Å²) in [4.78, 5) is 12.9. The fourth-order valence-corrected chi connectivity index (χ4v) is 6.02. The highest BCUT2D eigenvalue weighted by atomic mass is 32.2. The van der Waals surface area contributed by atoms with Gasteiger partial charge in [-0.05, 0) is 68.9 Å². The Balaban J connectivity index is 1.61. The standard InChI is InChI=1S/C23H29FN2O3S/c1-15-11-17(3)22(18(4)12-15)30(28,29)26-9-7-20(8-10-26)23(27)25-14-19-6-5-16(2)21(24)13-19/h5-6,11-13,20H,7-10,14H2,1-4H3,(H,25,27). The molecule has 2 aromatic carbocycles. The molecule has 1 saturated heterocycles. The lowest BCUT2D eigenvalue weighted by Crippen LogP contribution is -2.43. The summed E-state index contributed by atoms with van der Waals surface area (Å²) in [6.07, 6.45) is 0.939. The van der Waals surface area contributed by atoms with Crippen LogP contribution in [0.4, 0.5) is 4.39 Å². The first-order valence-corrected chi connectivity index (χ1v) is 11.6. The summed E-state index contributed by atoms with van der Waals surface area (Å²) < 4.78 is 41.5. The first kappa shape index (κ1) is 22.4. The van der Waals surface area contributed by atoms with E-state index in [4.69, 9.17) is 0 Å². The molecule has 0 aromatic heterocycles. The molecule has 0 aliphatic carbocycles. The summed E-state index contributed by atoms with van der Waals surface area (Å²) in [7, 11) is -3.59. The van der Waals surface area contributed by atoms with Gasteiger partial charge in [-0.15, -0.1) is 0 Å². The van der Waals surface area contributed by atoms with Crippen LogP contribution < -0.4 is 5.32 Å². The van der Waals surface area contributed by atoms with Crippen LogP contribution in [0.1, 0.15) is 40.7 Å². The molecule has 1 aliphatic heterocycles. The van der Waals surface area contributed by atoms with Crippen LogP contribution in [0.25, 0.3) is 0 Å². The number of nitrogens with zero attached hydrogens (tertiary/aromatic N) is 1. The van der Waals surface area contributed by atoms with E-state index in [0.29, 0.717) is 42.0 Å². The normalized spacial score (nSPS) is 15.9. The summed E-state index contributed by atoms with van der Waals surface area (Å²) >= 11 is 0. The number of amides is 1. The van der Waals surface area contributed by atoms with Crippen molar-refractivity contribution in [1.29, 1.82) is 0 Å². The molecule has 1 heterocycles. The Morgan fingerprint density at radius 3 is 2.20 bits per heavy atom. The molecule has 0 atom stereocenters. The molecule has 0 bridgehead atoms. The number of halogens is 1. The maximum Gasteiger partial charge on any atom is 0.243 e. The second-order valence-electron chi connectivity index (χ2n) is 8.21. The van der Waals surface area contributed by atoms with Crippen LogP contribution >= 0.6 is 0 Å². The molecule has 162 valence electrons. The van der Waals surface area contributed by atoms with Crippen LogP contribution in [0, 0.1) is 39.4 Å². The van der Waals surface area contributed by atoms with E-state index in [1.54, 1.807) is 19.1 Å². The third-order valence-corrected chi connectivity index (χ3v) is 7.94. The van der Waals surface area contributed by atoms with Crippen molar-refractivity contribution in [2.45, 2.75) is 52.0 Å². The monoisotopic (exact) mass is 432 g/mol. The summed E-state index contributed by atoms with van der Waals surface area (Å²) in [5.74, 6) is -0.648. The predicted molar refractivity (Wildman–Crippen MR) is 115 cm³/mol. The van der Waals surface area contributed by atoms with E-state index in [1.165, 1.54) is 10.4 Å². The zero-order chi connectivity index (χ0) is 22.1. The van der Waals surface area contributed by atoms with E-state index in [-0.39, 0.29) is 24.2 Å². The molecule has 1 aliphatic rings. The fourth-order valence-electron chi connectivity index (χ4n) is 4.14. The van der Waals surface area contributed by atoms with Crippen LogP contribution in [-0.2, 0) is 21.4 Å². The van der Waals surface area contributed by atoms with E-state index in [1.807, 2.05) is 32.9 Å². The van der Waals surface area contributed by atoms with Gasteiger partial charge in [-0.1, -0.05) is 29.8 Å². The second-order valence-corrected chi connectivity index (χ2v) is 10.1. The van der Waals surface area contributed by atoms with E-state index >= 15 is 0 Å². The highest BCUT2D eigenvalue weighted by Crippen LogP contribution is 2.29. The van der Waals surface area contributed by atoms with Crippen LogP contribution in [0.2, 0.25) is 0 Å². The van der Waals surface area contributed by atoms with Gasteiger partial charge in [0.2, 0.25) is 15.9 Å². The Kier molecular flexibility index (Phi) is 6.62. The number of hydrogen-bond acceptors (Lipinski definition) is 3. The number of carbonyl (C=O) groups excluding carboxylic acids is 1. The molecule has 2 aromatic rings. The van der Waals surface area contributed by atoms with Crippen molar-refractivity contribution in [1.82, 2.24) is 9.62 Å². The first-order valence-electron chi connectivity index (χ1n) is 10.2. The third kappa shape index (κ3) is 4.73. The molecule has 1 fully saturated rings. The van der Waals surface area contributed by atoms with Gasteiger partial charge in [0.25, 0.3) is 0 Å². The lowest BCUT2D eigenvalue weighted by atomic mass is 9.97. The molecule has 7 heteroatoms. The molecule has 1 N–H and O–H groups in total. The zero-order valence-electron chi connectivity index (χ0n) is 18.0. The number of piperidine rings is 1. The lowest BCUT2D eigenvalue weighted by Gasteiger charge is -2.31. The van der Waals surface area contributed by atoms with E-state index in [2.05, 4.69) is 5.32 Å². The summed E-state index contributed by atoms with van der Waals surface area (Å²) in [5, 5.41) is 2.85. The molecular formula is C23H29FN2O3S. The van der Waals surface area contributed by atoms with Crippen molar-refractivity contribution in [2.75, 3.05) is 13.1 Å². The summed E-state index contributed by atoms with van der Waals surface area (Å²) in [6, 6.07) is 8.67. The largest absolute Gasteiger partial charge is 0.352 e. The molecule has 1 amide bonds. The minimum absolute atomic E-state index is 0.115. The van der Waals surface area contributed by atoms with Crippen molar-refractivity contribution < 1.29 is 17.6 Å². The number of carbonyl (C=O) groups is 1. The Labute approximate surface area is 178 Å². The Morgan fingerprint density at radius 2 is 1.63 bits per heavy atom. The summed E-state index contributed by atoms with van der Waals surface area (Å²) in [5.41, 5.74) is 3.80. The summed E-state index contributed by atoms with van der Waals surface area (Å²) in [6.45, 7) is 8.17. The molecule has 0 saturated carbocycles. The average Bonchev–Trinajstić information content (AvgIpc) is 2.67. The SMILES string of the molecule is Cc1cc(C)c(S(=O)(=O)N2CCC(C(=O)NCc3ccc(C)c(F)c3)CC2)c(C)c1. The van der Waals surface area contributed by atoms with Gasteiger partial charge >= 0.3 is 0 Å². The van der Waals surface area contributed by atoms with Gasteiger partial charge in [-0.2, -0.15) is 4.31 Å². The van der Waals surface area contributed by atoms with Crippen LogP contribution in [0.3, 0.4) is 0 Å². The van der Waals surface area contributed by atoms with Crippen molar-refractivity contribution in [3.63, 3.8) is 0 Å². The Bertz CT molecular complexity index is 1040. The van der Waals surface area contributed by atoms with Gasteiger partial charge in [-0.25, -0.2) is 12.8 Å². The predicted octanol–water partition coefficient (Wildman–Crippen LogP) is 3.78. The highest BCUT2D eigenvalue weighted by Gasteiger charge is 2.33. The first-order chi connectivity index (χ1) is 14.1. The zero-order valence-corrected chi connectivity index (χ0v) is 18.8. The molecule has 30 heavy (non-hydrogen) atoms. The van der Waals surface area contributed by atoms with E-state index < -0.39 is 10.0 Å².